The number of isocyanates is 1. The first kappa shape index (κ1) is 11.6. The summed E-state index contributed by atoms with van der Waals surface area (Å²) in [7, 11) is 0. The van der Waals surface area contributed by atoms with Crippen molar-refractivity contribution >= 4 is 6.08 Å². The van der Waals surface area contributed by atoms with Gasteiger partial charge in [0.15, 0.2) is 0 Å². The summed E-state index contributed by atoms with van der Waals surface area (Å²) in [5.41, 5.74) is 1.35. The first-order chi connectivity index (χ1) is 7.11. The van der Waals surface area contributed by atoms with E-state index in [2.05, 4.69) is 4.99 Å². The number of nitrogens with zero attached hydrogens (tertiary/aromatic N) is 1. The van der Waals surface area contributed by atoms with Gasteiger partial charge in [0.05, 0.1) is 0 Å². The number of hydrogen-bond acceptors (Lipinski definition) is 2. The first-order valence-corrected chi connectivity index (χ1v) is 4.98. The van der Waals surface area contributed by atoms with Crippen molar-refractivity contribution in [2.24, 2.45) is 4.99 Å². The Bertz CT molecular complexity index is 381. The fraction of sp³-hybridized carbons (Fsp3) is 0.417. The molecular formula is C12H14FNO. The highest BCUT2D eigenvalue weighted by molar-refractivity contribution is 5.39. The number of alkyl halides is 1. The van der Waals surface area contributed by atoms with Crippen molar-refractivity contribution in [3.8, 4) is 0 Å². The maximum absolute atomic E-state index is 14.0. The number of hydrogen-bond donors (Lipinski definition) is 0. The van der Waals surface area contributed by atoms with Crippen LogP contribution in [-0.4, -0.2) is 6.08 Å². The van der Waals surface area contributed by atoms with Crippen LogP contribution in [0, 0.1) is 0 Å². The van der Waals surface area contributed by atoms with E-state index in [0.29, 0.717) is 5.56 Å². The standard InChI is InChI=1S/C12H14FNO/c1-3-6-10-7-4-5-8-11(10)12(2,13)14-9-15/h4-5,7-8H,3,6H2,1-2H3. The zero-order valence-electron chi connectivity index (χ0n) is 8.96. The van der Waals surface area contributed by atoms with Crippen molar-refractivity contribution < 1.29 is 9.18 Å². The van der Waals surface area contributed by atoms with E-state index >= 15 is 0 Å². The lowest BCUT2D eigenvalue weighted by atomic mass is 9.97. The van der Waals surface area contributed by atoms with Crippen LogP contribution in [-0.2, 0) is 17.0 Å². The minimum absolute atomic E-state index is 0.454. The van der Waals surface area contributed by atoms with Crippen LogP contribution in [0.4, 0.5) is 4.39 Å². The van der Waals surface area contributed by atoms with Crippen LogP contribution in [0.15, 0.2) is 29.3 Å². The van der Waals surface area contributed by atoms with Gasteiger partial charge < -0.3 is 0 Å². The number of aliphatic imine (C=N–C) groups is 1. The largest absolute Gasteiger partial charge is 0.238 e. The van der Waals surface area contributed by atoms with Crippen LogP contribution in [0.1, 0.15) is 31.4 Å². The summed E-state index contributed by atoms with van der Waals surface area (Å²) in [4.78, 5) is 13.3. The lowest BCUT2D eigenvalue weighted by Gasteiger charge is -2.17. The highest BCUT2D eigenvalue weighted by atomic mass is 19.1. The predicted molar refractivity (Wildman–Crippen MR) is 57.0 cm³/mol. The van der Waals surface area contributed by atoms with Crippen LogP contribution in [0.5, 0.6) is 0 Å². The molecule has 2 nitrogen and oxygen atoms in total. The van der Waals surface area contributed by atoms with Crippen LogP contribution in [0.3, 0.4) is 0 Å². The summed E-state index contributed by atoms with van der Waals surface area (Å²) in [5.74, 6) is -1.96. The Labute approximate surface area is 88.8 Å². The SMILES string of the molecule is CCCc1ccccc1C(C)(F)N=C=O. The van der Waals surface area contributed by atoms with Crippen molar-refractivity contribution in [1.82, 2.24) is 0 Å². The number of carbonyl (C=O) groups excluding carboxylic acids is 1. The van der Waals surface area contributed by atoms with Crippen molar-refractivity contribution in [1.29, 1.82) is 0 Å². The van der Waals surface area contributed by atoms with Crippen LogP contribution in [0.25, 0.3) is 0 Å². The van der Waals surface area contributed by atoms with Gasteiger partial charge in [-0.05, 0) is 18.9 Å². The second-order valence-corrected chi connectivity index (χ2v) is 3.56. The maximum atomic E-state index is 14.0. The number of aryl methyl sites for hydroxylation is 1. The molecule has 0 aliphatic rings. The van der Waals surface area contributed by atoms with E-state index in [9.17, 15) is 9.18 Å². The molecule has 0 N–H and O–H groups in total. The quantitative estimate of drug-likeness (QED) is 0.423. The number of rotatable bonds is 4. The van der Waals surface area contributed by atoms with E-state index < -0.39 is 5.79 Å². The molecule has 0 spiro atoms. The zero-order valence-corrected chi connectivity index (χ0v) is 8.96. The molecule has 0 aromatic heterocycles. The molecule has 15 heavy (non-hydrogen) atoms. The van der Waals surface area contributed by atoms with Crippen LogP contribution >= 0.6 is 0 Å². The molecule has 1 aromatic carbocycles. The van der Waals surface area contributed by atoms with Gasteiger partial charge in [-0.3, -0.25) is 0 Å². The smallest absolute Gasteiger partial charge is 0.212 e. The predicted octanol–water partition coefficient (Wildman–Crippen LogP) is 3.12. The normalized spacial score (nSPS) is 14.1. The molecule has 80 valence electrons. The van der Waals surface area contributed by atoms with E-state index in [1.807, 2.05) is 19.1 Å². The number of benzene rings is 1. The summed E-state index contributed by atoms with van der Waals surface area (Å²) in [6.07, 6.45) is 2.99. The van der Waals surface area contributed by atoms with Gasteiger partial charge in [-0.15, -0.1) is 0 Å². The third-order valence-electron chi connectivity index (χ3n) is 2.28. The van der Waals surface area contributed by atoms with Crippen molar-refractivity contribution in [3.63, 3.8) is 0 Å². The van der Waals surface area contributed by atoms with Gasteiger partial charge in [-0.1, -0.05) is 37.6 Å². The minimum Gasteiger partial charge on any atom is -0.212 e. The molecule has 1 atom stereocenters. The van der Waals surface area contributed by atoms with Crippen LogP contribution < -0.4 is 0 Å². The highest BCUT2D eigenvalue weighted by Gasteiger charge is 2.26. The summed E-state index contributed by atoms with van der Waals surface area (Å²) in [5, 5.41) is 0. The Morgan fingerprint density at radius 2 is 2.13 bits per heavy atom. The Hall–Kier alpha value is -1.47. The molecule has 0 aliphatic carbocycles. The third kappa shape index (κ3) is 2.74. The second-order valence-electron chi connectivity index (χ2n) is 3.56. The molecule has 0 amide bonds. The van der Waals surface area contributed by atoms with Gasteiger partial charge in [0.25, 0.3) is 0 Å². The first-order valence-electron chi connectivity index (χ1n) is 4.98. The Morgan fingerprint density at radius 1 is 1.47 bits per heavy atom. The van der Waals surface area contributed by atoms with Gasteiger partial charge in [-0.25, -0.2) is 9.18 Å². The summed E-state index contributed by atoms with van der Waals surface area (Å²) in [6, 6.07) is 7.12. The Balaban J connectivity index is 3.17. The molecule has 0 fully saturated rings. The Morgan fingerprint density at radius 3 is 2.73 bits per heavy atom. The van der Waals surface area contributed by atoms with Gasteiger partial charge >= 0.3 is 0 Å². The molecule has 0 heterocycles. The average molecular weight is 207 g/mol. The molecule has 3 heteroatoms. The van der Waals surface area contributed by atoms with Gasteiger partial charge in [-0.2, -0.15) is 4.99 Å². The van der Waals surface area contributed by atoms with Crippen molar-refractivity contribution in [2.45, 2.75) is 32.5 Å². The van der Waals surface area contributed by atoms with Gasteiger partial charge in [0, 0.05) is 5.56 Å². The van der Waals surface area contributed by atoms with E-state index in [1.165, 1.54) is 13.0 Å². The van der Waals surface area contributed by atoms with Gasteiger partial charge in [0.2, 0.25) is 11.9 Å². The lowest BCUT2D eigenvalue weighted by Crippen LogP contribution is -2.14. The van der Waals surface area contributed by atoms with Gasteiger partial charge in [0.1, 0.15) is 0 Å². The molecule has 1 unspecified atom stereocenters. The monoisotopic (exact) mass is 207 g/mol. The summed E-state index contributed by atoms with van der Waals surface area (Å²) >= 11 is 0. The summed E-state index contributed by atoms with van der Waals surface area (Å²) < 4.78 is 14.0. The summed E-state index contributed by atoms with van der Waals surface area (Å²) in [6.45, 7) is 3.29. The lowest BCUT2D eigenvalue weighted by molar-refractivity contribution is 0.204. The zero-order chi connectivity index (χ0) is 11.3. The highest BCUT2D eigenvalue weighted by Crippen LogP contribution is 2.29. The maximum Gasteiger partial charge on any atom is 0.238 e. The van der Waals surface area contributed by atoms with E-state index in [-0.39, 0.29) is 0 Å². The molecule has 0 aliphatic heterocycles. The Kier molecular flexibility index (Phi) is 3.75. The topological polar surface area (TPSA) is 29.4 Å². The second kappa shape index (κ2) is 4.85. The fourth-order valence-electron chi connectivity index (χ4n) is 1.60. The fourth-order valence-corrected chi connectivity index (χ4v) is 1.60. The van der Waals surface area contributed by atoms with E-state index in [1.54, 1.807) is 12.1 Å². The minimum atomic E-state index is -1.96. The van der Waals surface area contributed by atoms with E-state index in [0.717, 1.165) is 18.4 Å². The third-order valence-corrected chi connectivity index (χ3v) is 2.28. The van der Waals surface area contributed by atoms with Crippen LogP contribution in [0.2, 0.25) is 0 Å². The molecular weight excluding hydrogens is 193 g/mol. The molecule has 1 rings (SSSR count). The molecule has 0 radical (unpaired) electrons. The molecule has 0 bridgehead atoms. The molecule has 1 aromatic rings. The molecule has 0 saturated carbocycles. The van der Waals surface area contributed by atoms with E-state index in [4.69, 9.17) is 0 Å². The number of halogens is 1. The van der Waals surface area contributed by atoms with Crippen molar-refractivity contribution in [3.05, 3.63) is 35.4 Å². The van der Waals surface area contributed by atoms with Crippen molar-refractivity contribution in [2.75, 3.05) is 0 Å². The molecule has 0 saturated heterocycles. The average Bonchev–Trinajstić information content (AvgIpc) is 2.19.